The van der Waals surface area contributed by atoms with Gasteiger partial charge < -0.3 is 20.3 Å². The Morgan fingerprint density at radius 3 is 2.31 bits per heavy atom. The van der Waals surface area contributed by atoms with E-state index in [1.54, 1.807) is 27.8 Å². The highest BCUT2D eigenvalue weighted by Crippen LogP contribution is 2.26. The van der Waals surface area contributed by atoms with E-state index in [1.165, 1.54) is 4.90 Å². The monoisotopic (exact) mass is 465 g/mol. The number of amides is 3. The molecule has 0 spiro atoms. The first-order valence-electron chi connectivity index (χ1n) is 11.0. The summed E-state index contributed by atoms with van der Waals surface area (Å²) in [5.74, 6) is -0.615. The Bertz CT molecular complexity index is 807. The smallest absolute Gasteiger partial charge is 0.408 e. The number of hydrogen-bond acceptors (Lipinski definition) is 5. The number of alkyl carbamates (subject to hydrolysis) is 1. The van der Waals surface area contributed by atoms with Gasteiger partial charge in [0.2, 0.25) is 11.8 Å². The second-order valence-electron chi connectivity index (χ2n) is 9.29. The summed E-state index contributed by atoms with van der Waals surface area (Å²) in [6.07, 6.45) is 1.07. The average Bonchev–Trinajstić information content (AvgIpc) is 2.67. The van der Waals surface area contributed by atoms with E-state index in [2.05, 4.69) is 30.2 Å². The normalized spacial score (nSPS) is 14.2. The Morgan fingerprint density at radius 2 is 1.78 bits per heavy atom. The lowest BCUT2D eigenvalue weighted by Gasteiger charge is -2.32. The quantitative estimate of drug-likeness (QED) is 0.482. The highest BCUT2D eigenvalue weighted by Gasteiger charge is 2.34. The molecule has 0 aromatic heterocycles. The van der Waals surface area contributed by atoms with Gasteiger partial charge in [0, 0.05) is 18.8 Å². The minimum Gasteiger partial charge on any atom is -0.444 e. The molecule has 0 saturated carbocycles. The van der Waals surface area contributed by atoms with E-state index in [9.17, 15) is 14.4 Å². The van der Waals surface area contributed by atoms with E-state index in [4.69, 9.17) is 4.74 Å². The van der Waals surface area contributed by atoms with E-state index in [1.807, 2.05) is 39.0 Å². The molecular formula is C24H39N3O4S. The Kier molecular flexibility index (Phi) is 10.5. The molecular weight excluding hydrogens is 426 g/mol. The summed E-state index contributed by atoms with van der Waals surface area (Å²) in [6.45, 7) is 13.1. The zero-order valence-corrected chi connectivity index (χ0v) is 21.5. The lowest BCUT2D eigenvalue weighted by Crippen LogP contribution is -2.53. The zero-order chi connectivity index (χ0) is 24.6. The summed E-state index contributed by atoms with van der Waals surface area (Å²) in [5, 5.41) is 5.60. The van der Waals surface area contributed by atoms with Crippen LogP contribution in [0.2, 0.25) is 0 Å². The number of aryl methyl sites for hydroxylation is 2. The van der Waals surface area contributed by atoms with Crippen LogP contribution in [0.5, 0.6) is 0 Å². The SMILES string of the molecule is CCCC(C)NC(=O)C(c1cc(C)ccc1C)N(C)C(=O)C(CS)NC(=O)OC(C)(C)C. The van der Waals surface area contributed by atoms with Gasteiger partial charge in [0.15, 0.2) is 0 Å². The molecule has 1 rings (SSSR count). The van der Waals surface area contributed by atoms with Gasteiger partial charge in [0.1, 0.15) is 17.7 Å². The molecule has 0 fully saturated rings. The van der Waals surface area contributed by atoms with Gasteiger partial charge in [0.05, 0.1) is 0 Å². The van der Waals surface area contributed by atoms with Crippen LogP contribution in [0.4, 0.5) is 4.79 Å². The third kappa shape index (κ3) is 8.37. The maximum absolute atomic E-state index is 13.3. The van der Waals surface area contributed by atoms with Crippen molar-refractivity contribution in [2.45, 2.75) is 85.0 Å². The van der Waals surface area contributed by atoms with Crippen LogP contribution in [-0.4, -0.2) is 53.3 Å². The molecule has 3 amide bonds. The Hall–Kier alpha value is -2.22. The average molecular weight is 466 g/mol. The number of ether oxygens (including phenoxy) is 1. The zero-order valence-electron chi connectivity index (χ0n) is 20.6. The molecule has 0 radical (unpaired) electrons. The van der Waals surface area contributed by atoms with E-state index >= 15 is 0 Å². The summed E-state index contributed by atoms with van der Waals surface area (Å²) >= 11 is 4.24. The van der Waals surface area contributed by atoms with Crippen LogP contribution in [0.15, 0.2) is 18.2 Å². The second kappa shape index (κ2) is 12.1. The van der Waals surface area contributed by atoms with Crippen molar-refractivity contribution in [3.8, 4) is 0 Å². The minimum absolute atomic E-state index is 0.0239. The summed E-state index contributed by atoms with van der Waals surface area (Å²) in [4.78, 5) is 40.3. The van der Waals surface area contributed by atoms with Crippen LogP contribution in [0.1, 0.15) is 70.2 Å². The van der Waals surface area contributed by atoms with E-state index in [0.717, 1.165) is 29.5 Å². The molecule has 3 unspecified atom stereocenters. The van der Waals surface area contributed by atoms with Gasteiger partial charge in [-0.1, -0.05) is 37.1 Å². The molecule has 0 bridgehead atoms. The Balaban J connectivity index is 3.24. The van der Waals surface area contributed by atoms with Crippen molar-refractivity contribution in [3.05, 3.63) is 34.9 Å². The first-order chi connectivity index (χ1) is 14.8. The molecule has 7 nitrogen and oxygen atoms in total. The number of thiol groups is 1. The van der Waals surface area contributed by atoms with Gasteiger partial charge >= 0.3 is 6.09 Å². The molecule has 0 heterocycles. The number of nitrogens with one attached hydrogen (secondary N) is 2. The van der Waals surface area contributed by atoms with E-state index < -0.39 is 29.7 Å². The molecule has 0 aliphatic carbocycles. The Morgan fingerprint density at radius 1 is 1.16 bits per heavy atom. The Labute approximate surface area is 198 Å². The fraction of sp³-hybridized carbons (Fsp3) is 0.625. The molecule has 3 atom stereocenters. The van der Waals surface area contributed by atoms with E-state index in [-0.39, 0.29) is 17.7 Å². The van der Waals surface area contributed by atoms with Gasteiger partial charge in [-0.15, -0.1) is 0 Å². The van der Waals surface area contributed by atoms with Crippen LogP contribution in [0.3, 0.4) is 0 Å². The largest absolute Gasteiger partial charge is 0.444 e. The molecule has 180 valence electrons. The highest BCUT2D eigenvalue weighted by atomic mass is 32.1. The van der Waals surface area contributed by atoms with Crippen molar-refractivity contribution in [2.24, 2.45) is 0 Å². The van der Waals surface area contributed by atoms with Crippen molar-refractivity contribution in [2.75, 3.05) is 12.8 Å². The third-order valence-corrected chi connectivity index (χ3v) is 5.36. The topological polar surface area (TPSA) is 87.7 Å². The molecule has 0 aliphatic heterocycles. The fourth-order valence-electron chi connectivity index (χ4n) is 3.42. The van der Waals surface area contributed by atoms with Crippen molar-refractivity contribution in [1.82, 2.24) is 15.5 Å². The number of hydrogen-bond donors (Lipinski definition) is 3. The summed E-state index contributed by atoms with van der Waals surface area (Å²) in [6, 6.07) is 4.02. The van der Waals surface area contributed by atoms with Crippen LogP contribution in [0.25, 0.3) is 0 Å². The second-order valence-corrected chi connectivity index (χ2v) is 9.66. The van der Waals surface area contributed by atoms with Gasteiger partial charge in [-0.3, -0.25) is 9.59 Å². The van der Waals surface area contributed by atoms with Crippen LogP contribution in [-0.2, 0) is 14.3 Å². The number of benzene rings is 1. The van der Waals surface area contributed by atoms with Crippen molar-refractivity contribution >= 4 is 30.5 Å². The summed E-state index contributed by atoms with van der Waals surface area (Å²) in [5.41, 5.74) is 1.94. The van der Waals surface area contributed by atoms with Gasteiger partial charge in [0.25, 0.3) is 0 Å². The van der Waals surface area contributed by atoms with Crippen LogP contribution < -0.4 is 10.6 Å². The fourth-order valence-corrected chi connectivity index (χ4v) is 3.66. The molecule has 0 aliphatic rings. The highest BCUT2D eigenvalue weighted by molar-refractivity contribution is 7.80. The number of rotatable bonds is 9. The summed E-state index contributed by atoms with van der Waals surface area (Å²) in [7, 11) is 1.58. The lowest BCUT2D eigenvalue weighted by molar-refractivity contribution is -0.140. The standard InChI is InChI=1S/C24H39N3O4S/c1-9-10-17(4)25-21(28)20(18-13-15(2)11-12-16(18)3)27(8)22(29)19(14-32)26-23(30)31-24(5,6)7/h11-13,17,19-20,32H,9-10,14H2,1-8H3,(H,25,28)(H,26,30). The number of likely N-dealkylation sites (N-methyl/N-ethyl adjacent to an activating group) is 1. The molecule has 8 heteroatoms. The third-order valence-electron chi connectivity index (χ3n) is 4.99. The van der Waals surface area contributed by atoms with Crippen molar-refractivity contribution in [1.29, 1.82) is 0 Å². The van der Waals surface area contributed by atoms with Gasteiger partial charge in [-0.25, -0.2) is 4.79 Å². The number of carbonyl (C=O) groups is 3. The van der Waals surface area contributed by atoms with Crippen molar-refractivity contribution < 1.29 is 19.1 Å². The minimum atomic E-state index is -0.938. The lowest BCUT2D eigenvalue weighted by atomic mass is 9.96. The van der Waals surface area contributed by atoms with Crippen molar-refractivity contribution in [3.63, 3.8) is 0 Å². The number of nitrogens with zero attached hydrogens (tertiary/aromatic N) is 1. The van der Waals surface area contributed by atoms with Crippen LogP contribution >= 0.6 is 12.6 Å². The molecule has 2 N–H and O–H groups in total. The maximum atomic E-state index is 13.3. The predicted molar refractivity (Wildman–Crippen MR) is 131 cm³/mol. The molecule has 1 aromatic carbocycles. The maximum Gasteiger partial charge on any atom is 0.408 e. The summed E-state index contributed by atoms with van der Waals surface area (Å²) < 4.78 is 5.27. The van der Waals surface area contributed by atoms with Crippen LogP contribution in [0, 0.1) is 13.8 Å². The van der Waals surface area contributed by atoms with Gasteiger partial charge in [-0.05, 0) is 59.1 Å². The molecule has 0 saturated heterocycles. The predicted octanol–water partition coefficient (Wildman–Crippen LogP) is 3.93. The molecule has 1 aromatic rings. The van der Waals surface area contributed by atoms with Gasteiger partial charge in [-0.2, -0.15) is 12.6 Å². The molecule has 32 heavy (non-hydrogen) atoms. The first-order valence-corrected chi connectivity index (χ1v) is 11.7. The first kappa shape index (κ1) is 27.8. The van der Waals surface area contributed by atoms with E-state index in [0.29, 0.717) is 0 Å². The number of carbonyl (C=O) groups excluding carboxylic acids is 3.